The summed E-state index contributed by atoms with van der Waals surface area (Å²) in [6.45, 7) is 3.29. The second-order valence-electron chi connectivity index (χ2n) is 6.60. The van der Waals surface area contributed by atoms with Crippen LogP contribution in [0.15, 0.2) is 36.4 Å². The summed E-state index contributed by atoms with van der Waals surface area (Å²) in [5.41, 5.74) is 8.94. The van der Waals surface area contributed by atoms with Gasteiger partial charge in [0.2, 0.25) is 0 Å². The van der Waals surface area contributed by atoms with E-state index >= 15 is 0 Å². The number of aromatic carboxylic acids is 1. The zero-order valence-electron chi connectivity index (χ0n) is 14.4. The summed E-state index contributed by atoms with van der Waals surface area (Å²) in [6.07, 6.45) is 2.41. The van der Waals surface area contributed by atoms with Crippen molar-refractivity contribution in [3.05, 3.63) is 53.3 Å². The van der Waals surface area contributed by atoms with Gasteiger partial charge in [-0.2, -0.15) is 0 Å². The van der Waals surface area contributed by atoms with Gasteiger partial charge in [0.1, 0.15) is 0 Å². The molecule has 26 heavy (non-hydrogen) atoms. The van der Waals surface area contributed by atoms with Crippen LogP contribution in [0.25, 0.3) is 16.9 Å². The minimum atomic E-state index is -1.06. The highest BCUT2D eigenvalue weighted by atomic mass is 16.4. The van der Waals surface area contributed by atoms with Crippen molar-refractivity contribution in [2.75, 3.05) is 13.1 Å². The number of nitrogens with two attached hydrogens (primary N) is 1. The van der Waals surface area contributed by atoms with E-state index < -0.39 is 5.97 Å². The predicted octanol–water partition coefficient (Wildman–Crippen LogP) is 2.15. The molecule has 1 aliphatic rings. The number of likely N-dealkylation sites (tertiary alicyclic amines) is 1. The highest BCUT2D eigenvalue weighted by Crippen LogP contribution is 2.22. The molecule has 3 heterocycles. The molecule has 2 aromatic heterocycles. The van der Waals surface area contributed by atoms with Gasteiger partial charge in [-0.15, -0.1) is 5.10 Å². The van der Waals surface area contributed by atoms with Gasteiger partial charge in [0.25, 0.3) is 0 Å². The van der Waals surface area contributed by atoms with Gasteiger partial charge in [0, 0.05) is 18.7 Å². The summed E-state index contributed by atoms with van der Waals surface area (Å²) >= 11 is 0. The average molecular weight is 351 g/mol. The van der Waals surface area contributed by atoms with E-state index in [0.717, 1.165) is 36.5 Å². The molecule has 3 aromatic rings. The van der Waals surface area contributed by atoms with Crippen LogP contribution in [-0.4, -0.2) is 43.7 Å². The lowest BCUT2D eigenvalue weighted by Crippen LogP contribution is -2.20. The molecule has 0 saturated carbocycles. The number of carbonyl (C=O) groups is 1. The van der Waals surface area contributed by atoms with Crippen LogP contribution in [0.3, 0.4) is 0 Å². The first-order valence-electron chi connectivity index (χ1n) is 8.79. The molecule has 0 amide bonds. The maximum Gasteiger partial charge on any atom is 0.356 e. The molecular formula is C19H21N5O2. The van der Waals surface area contributed by atoms with Crippen LogP contribution in [0.1, 0.15) is 34.6 Å². The third-order valence-corrected chi connectivity index (χ3v) is 4.80. The van der Waals surface area contributed by atoms with E-state index in [4.69, 9.17) is 5.73 Å². The highest BCUT2D eigenvalue weighted by molar-refractivity contribution is 5.93. The van der Waals surface area contributed by atoms with Crippen LogP contribution in [-0.2, 0) is 13.1 Å². The van der Waals surface area contributed by atoms with Gasteiger partial charge in [-0.1, -0.05) is 18.2 Å². The number of nitrogens with zero attached hydrogens (tertiary/aromatic N) is 4. The fraction of sp³-hybridized carbons (Fsp3) is 0.316. The van der Waals surface area contributed by atoms with Crippen LogP contribution >= 0.6 is 0 Å². The lowest BCUT2D eigenvalue weighted by atomic mass is 10.1. The van der Waals surface area contributed by atoms with Gasteiger partial charge in [0.05, 0.1) is 11.2 Å². The van der Waals surface area contributed by atoms with Gasteiger partial charge in [0.15, 0.2) is 11.5 Å². The van der Waals surface area contributed by atoms with E-state index in [2.05, 4.69) is 15.0 Å². The zero-order valence-corrected chi connectivity index (χ0v) is 14.4. The topological polar surface area (TPSA) is 96.7 Å². The maximum atomic E-state index is 11.7. The molecule has 134 valence electrons. The van der Waals surface area contributed by atoms with Gasteiger partial charge in [-0.3, -0.25) is 4.90 Å². The summed E-state index contributed by atoms with van der Waals surface area (Å²) in [4.78, 5) is 18.4. The van der Waals surface area contributed by atoms with Crippen LogP contribution in [0.2, 0.25) is 0 Å². The van der Waals surface area contributed by atoms with E-state index in [1.54, 1.807) is 10.6 Å². The Hall–Kier alpha value is -2.77. The Morgan fingerprint density at radius 1 is 1.19 bits per heavy atom. The zero-order chi connectivity index (χ0) is 18.1. The summed E-state index contributed by atoms with van der Waals surface area (Å²) in [5.74, 6) is -0.663. The summed E-state index contributed by atoms with van der Waals surface area (Å²) < 4.78 is 1.72. The fourth-order valence-electron chi connectivity index (χ4n) is 3.46. The quantitative estimate of drug-likeness (QED) is 0.731. The molecule has 1 aromatic carbocycles. The second-order valence-corrected chi connectivity index (χ2v) is 6.60. The first-order chi connectivity index (χ1) is 12.7. The molecule has 0 atom stereocenters. The Morgan fingerprint density at radius 2 is 2.00 bits per heavy atom. The molecule has 1 fully saturated rings. The maximum absolute atomic E-state index is 11.7. The second kappa shape index (κ2) is 6.86. The number of hydrogen-bond acceptors (Lipinski definition) is 5. The van der Waals surface area contributed by atoms with Crippen molar-refractivity contribution >= 4 is 11.5 Å². The predicted molar refractivity (Wildman–Crippen MR) is 97.8 cm³/mol. The summed E-state index contributed by atoms with van der Waals surface area (Å²) in [6, 6.07) is 11.3. The molecular weight excluding hydrogens is 330 g/mol. The van der Waals surface area contributed by atoms with E-state index in [0.29, 0.717) is 17.9 Å². The fourth-order valence-corrected chi connectivity index (χ4v) is 3.46. The molecule has 1 saturated heterocycles. The molecule has 0 bridgehead atoms. The first kappa shape index (κ1) is 16.7. The van der Waals surface area contributed by atoms with Crippen LogP contribution in [0.4, 0.5) is 0 Å². The average Bonchev–Trinajstić information content (AvgIpc) is 3.31. The van der Waals surface area contributed by atoms with Crippen molar-refractivity contribution in [2.45, 2.75) is 25.9 Å². The number of aromatic nitrogens is 3. The monoisotopic (exact) mass is 351 g/mol. The lowest BCUT2D eigenvalue weighted by molar-refractivity contribution is 0.0692. The van der Waals surface area contributed by atoms with Crippen LogP contribution in [0.5, 0.6) is 0 Å². The molecule has 0 radical (unpaired) electrons. The minimum absolute atomic E-state index is 0.0147. The molecule has 7 nitrogen and oxygen atoms in total. The molecule has 4 rings (SSSR count). The Bertz CT molecular complexity index is 960. The van der Waals surface area contributed by atoms with Gasteiger partial charge in [-0.25, -0.2) is 14.3 Å². The van der Waals surface area contributed by atoms with Crippen molar-refractivity contribution in [3.8, 4) is 11.4 Å². The molecule has 0 unspecified atom stereocenters. The summed E-state index contributed by atoms with van der Waals surface area (Å²) in [7, 11) is 0. The largest absolute Gasteiger partial charge is 0.476 e. The molecule has 0 spiro atoms. The molecule has 7 heteroatoms. The Labute approximate surface area is 151 Å². The number of fused-ring (bicyclic) bond motifs is 1. The smallest absolute Gasteiger partial charge is 0.356 e. The molecule has 1 aliphatic heterocycles. The van der Waals surface area contributed by atoms with Crippen molar-refractivity contribution < 1.29 is 9.90 Å². The van der Waals surface area contributed by atoms with Crippen molar-refractivity contribution in [1.29, 1.82) is 0 Å². The van der Waals surface area contributed by atoms with Gasteiger partial charge in [-0.05, 0) is 49.7 Å². The highest BCUT2D eigenvalue weighted by Gasteiger charge is 2.19. The third kappa shape index (κ3) is 3.07. The summed E-state index contributed by atoms with van der Waals surface area (Å²) in [5, 5.41) is 14.3. The Kier molecular flexibility index (Phi) is 4.40. The number of benzene rings is 1. The van der Waals surface area contributed by atoms with E-state index in [1.807, 2.05) is 30.3 Å². The number of rotatable bonds is 5. The van der Waals surface area contributed by atoms with Crippen molar-refractivity contribution in [1.82, 2.24) is 19.5 Å². The number of carboxylic acids is 1. The third-order valence-electron chi connectivity index (χ3n) is 4.80. The van der Waals surface area contributed by atoms with Crippen molar-refractivity contribution in [2.24, 2.45) is 5.73 Å². The van der Waals surface area contributed by atoms with Crippen molar-refractivity contribution in [3.63, 3.8) is 0 Å². The standard InChI is InChI=1S/C19H21N5O2/c20-11-13-4-3-5-14(10-13)18-21-17(19(25)26)16-7-6-15(24(16)22-18)12-23-8-1-2-9-23/h3-7,10H,1-2,8-9,11-12,20H2,(H,25,26). The van der Waals surface area contributed by atoms with E-state index in [1.165, 1.54) is 12.8 Å². The molecule has 0 aliphatic carbocycles. The minimum Gasteiger partial charge on any atom is -0.476 e. The SMILES string of the molecule is NCc1cccc(-c2nc(C(=O)O)c3ccc(CN4CCCC4)n3n2)c1. The molecule has 3 N–H and O–H groups in total. The van der Waals surface area contributed by atoms with Crippen LogP contribution < -0.4 is 5.73 Å². The lowest BCUT2D eigenvalue weighted by Gasteiger charge is -2.14. The van der Waals surface area contributed by atoms with Crippen LogP contribution in [0, 0.1) is 0 Å². The first-order valence-corrected chi connectivity index (χ1v) is 8.79. The Balaban J connectivity index is 1.83. The number of hydrogen-bond donors (Lipinski definition) is 2. The van der Waals surface area contributed by atoms with E-state index in [-0.39, 0.29) is 5.69 Å². The number of carboxylic acid groups (broad SMARTS) is 1. The Morgan fingerprint density at radius 3 is 2.73 bits per heavy atom. The van der Waals surface area contributed by atoms with E-state index in [9.17, 15) is 9.90 Å². The normalized spacial score (nSPS) is 15.0. The van der Waals surface area contributed by atoms with Gasteiger partial charge >= 0.3 is 5.97 Å². The van der Waals surface area contributed by atoms with Gasteiger partial charge < -0.3 is 10.8 Å².